The van der Waals surface area contributed by atoms with E-state index in [9.17, 15) is 22.9 Å². The van der Waals surface area contributed by atoms with Crippen LogP contribution in [0.1, 0.15) is 15.9 Å². The monoisotopic (exact) mass is 581 g/mol. The molecule has 38 heavy (non-hydrogen) atoms. The molecule has 0 saturated carbocycles. The van der Waals surface area contributed by atoms with E-state index in [0.29, 0.717) is 22.2 Å². The number of nitrogens with one attached hydrogen (secondary N) is 1. The van der Waals surface area contributed by atoms with Crippen LogP contribution in [-0.4, -0.2) is 26.0 Å². The van der Waals surface area contributed by atoms with Gasteiger partial charge in [0.25, 0.3) is 16.0 Å². The van der Waals surface area contributed by atoms with Crippen LogP contribution in [0.4, 0.5) is 17.1 Å². The van der Waals surface area contributed by atoms with Gasteiger partial charge in [0.15, 0.2) is 0 Å². The Morgan fingerprint density at radius 1 is 1.05 bits per heavy atom. The number of azo groups is 1. The van der Waals surface area contributed by atoms with Gasteiger partial charge in [0.05, 0.1) is 28.5 Å². The van der Waals surface area contributed by atoms with E-state index in [0.717, 1.165) is 6.07 Å². The zero-order valence-electron chi connectivity index (χ0n) is 20.3. The number of methoxy groups -OCH3 is 1. The standard InChI is InChI=1S/C25H19Cl2N3O6S.Na/c1-13-19(8-10-21(22(13)27)37(33,34)35)29-30-23-16-6-4-3-5-14(16)11-17(24(23)31)25(32)28-15-7-9-20(36-2)18(26)12-15;/h3-12,31H,1-2H3,(H,28,32)(H,33,34,35);/q;+1/p-1. The SMILES string of the molecule is COc1ccc(NC(=O)c2cc3ccccc3c(N=Nc3ccc(S(=O)(=O)O)c(Cl)c3C)c2[O-])cc1Cl.[Na+]. The van der Waals surface area contributed by atoms with Gasteiger partial charge in [0, 0.05) is 16.6 Å². The van der Waals surface area contributed by atoms with Crippen LogP contribution in [0.3, 0.4) is 0 Å². The molecule has 190 valence electrons. The number of halogens is 2. The minimum atomic E-state index is -4.54. The quantitative estimate of drug-likeness (QED) is 0.203. The number of anilines is 1. The minimum absolute atomic E-state index is 0. The first-order chi connectivity index (χ1) is 17.5. The van der Waals surface area contributed by atoms with Crippen LogP contribution in [-0.2, 0) is 10.1 Å². The van der Waals surface area contributed by atoms with E-state index in [1.165, 1.54) is 32.2 Å². The van der Waals surface area contributed by atoms with Gasteiger partial charge in [0.2, 0.25) is 0 Å². The number of fused-ring (bicyclic) bond motifs is 1. The molecule has 0 fully saturated rings. The molecule has 0 aliphatic carbocycles. The molecular formula is C25H18Cl2N3NaO6S. The maximum Gasteiger partial charge on any atom is 1.00 e. The molecular weight excluding hydrogens is 564 g/mol. The maximum atomic E-state index is 13.3. The average molecular weight is 582 g/mol. The third-order valence-corrected chi connectivity index (χ3v) is 7.28. The summed E-state index contributed by atoms with van der Waals surface area (Å²) in [6, 6.07) is 15.3. The summed E-state index contributed by atoms with van der Waals surface area (Å²) in [4.78, 5) is 12.6. The number of amides is 1. The van der Waals surface area contributed by atoms with Gasteiger partial charge >= 0.3 is 29.6 Å². The van der Waals surface area contributed by atoms with Crippen molar-refractivity contribution < 1.29 is 57.2 Å². The Morgan fingerprint density at radius 2 is 1.76 bits per heavy atom. The molecule has 4 rings (SSSR count). The van der Waals surface area contributed by atoms with E-state index in [4.69, 9.17) is 27.9 Å². The molecule has 0 aliphatic rings. The summed E-state index contributed by atoms with van der Waals surface area (Å²) in [6.45, 7) is 1.49. The molecule has 0 atom stereocenters. The van der Waals surface area contributed by atoms with Crippen LogP contribution in [0.25, 0.3) is 10.8 Å². The van der Waals surface area contributed by atoms with Crippen molar-refractivity contribution in [1.82, 2.24) is 0 Å². The fraction of sp³-hybridized carbons (Fsp3) is 0.0800. The van der Waals surface area contributed by atoms with Crippen LogP contribution in [0.2, 0.25) is 10.0 Å². The van der Waals surface area contributed by atoms with Crippen LogP contribution < -0.4 is 44.7 Å². The van der Waals surface area contributed by atoms with Gasteiger partial charge in [-0.25, -0.2) is 0 Å². The van der Waals surface area contributed by atoms with Crippen molar-refractivity contribution in [3.8, 4) is 11.5 Å². The number of nitrogens with zero attached hydrogens (tertiary/aromatic N) is 2. The second kappa shape index (κ2) is 12.0. The van der Waals surface area contributed by atoms with E-state index in [1.54, 1.807) is 36.4 Å². The fourth-order valence-corrected chi connectivity index (χ4v) is 4.91. The number of rotatable bonds is 6. The number of benzene rings is 4. The smallest absolute Gasteiger partial charge is 0.870 e. The second-order valence-corrected chi connectivity index (χ2v) is 10.00. The molecule has 1 amide bonds. The number of ether oxygens (including phenoxy) is 1. The van der Waals surface area contributed by atoms with E-state index in [2.05, 4.69) is 15.5 Å². The first-order valence-electron chi connectivity index (χ1n) is 10.6. The fourth-order valence-electron chi connectivity index (χ4n) is 3.58. The van der Waals surface area contributed by atoms with Gasteiger partial charge in [-0.2, -0.15) is 18.6 Å². The molecule has 0 unspecified atom stereocenters. The molecule has 0 saturated heterocycles. The predicted octanol–water partition coefficient (Wildman–Crippen LogP) is 3.46. The summed E-state index contributed by atoms with van der Waals surface area (Å²) in [7, 11) is -3.07. The summed E-state index contributed by atoms with van der Waals surface area (Å²) in [5.74, 6) is -0.916. The van der Waals surface area contributed by atoms with Crippen molar-refractivity contribution in [2.24, 2.45) is 10.2 Å². The number of carbonyl (C=O) groups excluding carboxylic acids is 1. The van der Waals surface area contributed by atoms with E-state index >= 15 is 0 Å². The largest absolute Gasteiger partial charge is 1.00 e. The van der Waals surface area contributed by atoms with Crippen LogP contribution >= 0.6 is 23.2 Å². The molecule has 0 spiro atoms. The molecule has 13 heteroatoms. The Bertz CT molecular complexity index is 1700. The second-order valence-electron chi connectivity index (χ2n) is 7.82. The molecule has 0 radical (unpaired) electrons. The summed E-state index contributed by atoms with van der Waals surface area (Å²) in [6.07, 6.45) is 0. The Balaban J connectivity index is 0.00000400. The van der Waals surface area contributed by atoms with E-state index < -0.39 is 26.7 Å². The molecule has 4 aromatic rings. The van der Waals surface area contributed by atoms with Gasteiger partial charge < -0.3 is 15.2 Å². The van der Waals surface area contributed by atoms with Crippen LogP contribution in [0.5, 0.6) is 11.5 Å². The zero-order valence-corrected chi connectivity index (χ0v) is 24.6. The van der Waals surface area contributed by atoms with Gasteiger partial charge in [-0.1, -0.05) is 53.2 Å². The zero-order chi connectivity index (χ0) is 26.9. The average Bonchev–Trinajstić information content (AvgIpc) is 2.84. The number of hydrogen-bond donors (Lipinski definition) is 2. The van der Waals surface area contributed by atoms with Crippen LogP contribution in [0.15, 0.2) is 75.8 Å². The third kappa shape index (κ3) is 6.13. The van der Waals surface area contributed by atoms with E-state index in [1.807, 2.05) is 0 Å². The first kappa shape index (κ1) is 29.9. The summed E-state index contributed by atoms with van der Waals surface area (Å²) in [5, 5.41) is 25.3. The van der Waals surface area contributed by atoms with Crippen molar-refractivity contribution >= 4 is 67.1 Å². The van der Waals surface area contributed by atoms with Crippen molar-refractivity contribution in [2.75, 3.05) is 12.4 Å². The Labute approximate surface area is 250 Å². The molecule has 0 aliphatic heterocycles. The Morgan fingerprint density at radius 3 is 2.42 bits per heavy atom. The van der Waals surface area contributed by atoms with E-state index in [-0.39, 0.29) is 62.1 Å². The number of carbonyl (C=O) groups is 1. The summed E-state index contributed by atoms with van der Waals surface area (Å²) in [5.41, 5.74) is 0.489. The van der Waals surface area contributed by atoms with Crippen molar-refractivity contribution in [3.63, 3.8) is 0 Å². The van der Waals surface area contributed by atoms with Crippen molar-refractivity contribution in [3.05, 3.63) is 81.8 Å². The topological polar surface area (TPSA) is 140 Å². The maximum absolute atomic E-state index is 13.3. The van der Waals surface area contributed by atoms with Gasteiger partial charge in [-0.3, -0.25) is 9.35 Å². The minimum Gasteiger partial charge on any atom is -0.870 e. The Kier molecular flexibility index (Phi) is 9.43. The molecule has 0 heterocycles. The molecule has 2 N–H and O–H groups in total. The van der Waals surface area contributed by atoms with Gasteiger partial charge in [-0.05, 0) is 54.3 Å². The molecule has 4 aromatic carbocycles. The molecule has 9 nitrogen and oxygen atoms in total. The summed E-state index contributed by atoms with van der Waals surface area (Å²) < 4.78 is 37.4. The van der Waals surface area contributed by atoms with Gasteiger partial charge in [0.1, 0.15) is 10.6 Å². The van der Waals surface area contributed by atoms with Crippen molar-refractivity contribution in [1.29, 1.82) is 0 Å². The molecule has 0 aromatic heterocycles. The normalized spacial score (nSPS) is 11.4. The first-order valence-corrected chi connectivity index (χ1v) is 12.8. The number of hydrogen-bond acceptors (Lipinski definition) is 7. The third-order valence-electron chi connectivity index (χ3n) is 5.49. The summed E-state index contributed by atoms with van der Waals surface area (Å²) >= 11 is 12.2. The Hall–Kier alpha value is -2.70. The van der Waals surface area contributed by atoms with Gasteiger partial charge in [-0.15, -0.1) is 0 Å². The van der Waals surface area contributed by atoms with Crippen LogP contribution in [0, 0.1) is 6.92 Å². The van der Waals surface area contributed by atoms with Crippen molar-refractivity contribution in [2.45, 2.75) is 11.8 Å². The molecule has 0 bridgehead atoms. The predicted molar refractivity (Wildman–Crippen MR) is 140 cm³/mol.